The van der Waals surface area contributed by atoms with E-state index in [1.165, 1.54) is 0 Å². The summed E-state index contributed by atoms with van der Waals surface area (Å²) < 4.78 is 0. The average molecular weight is 309 g/mol. The van der Waals surface area contributed by atoms with Crippen molar-refractivity contribution in [1.82, 2.24) is 9.97 Å². The number of aryl methyl sites for hydroxylation is 2. The molecule has 2 aromatic heterocycles. The number of carboxylic acids is 1. The van der Waals surface area contributed by atoms with Crippen molar-refractivity contribution in [2.24, 2.45) is 0 Å². The zero-order valence-corrected chi connectivity index (χ0v) is 12.7. The number of carbonyl (C=O) groups is 1. The summed E-state index contributed by atoms with van der Waals surface area (Å²) in [4.78, 5) is 21.2. The van der Waals surface area contributed by atoms with E-state index in [-0.39, 0.29) is 0 Å². The van der Waals surface area contributed by atoms with Gasteiger partial charge >= 0.3 is 5.97 Å². The SMILES string of the molecule is Cc1nc(CNc2nc3c(s2)CCCC3C(=O)O)cs1. The first-order valence-corrected chi connectivity index (χ1v) is 8.20. The molecule has 0 saturated carbocycles. The maximum atomic E-state index is 11.2. The van der Waals surface area contributed by atoms with Gasteiger partial charge < -0.3 is 10.4 Å². The summed E-state index contributed by atoms with van der Waals surface area (Å²) in [5, 5.41) is 16.4. The summed E-state index contributed by atoms with van der Waals surface area (Å²) in [5.41, 5.74) is 1.75. The molecule has 0 radical (unpaired) electrons. The Morgan fingerprint density at radius 3 is 3.10 bits per heavy atom. The Kier molecular flexibility index (Phi) is 3.71. The summed E-state index contributed by atoms with van der Waals surface area (Å²) in [6, 6.07) is 0. The summed E-state index contributed by atoms with van der Waals surface area (Å²) in [6.45, 7) is 2.61. The maximum absolute atomic E-state index is 11.2. The highest BCUT2D eigenvalue weighted by molar-refractivity contribution is 7.15. The summed E-state index contributed by atoms with van der Waals surface area (Å²) in [6.07, 6.45) is 2.56. The Labute approximate surface area is 124 Å². The fourth-order valence-corrected chi connectivity index (χ4v) is 4.06. The fourth-order valence-electron chi connectivity index (χ4n) is 2.39. The molecular formula is C13H15N3O2S2. The highest BCUT2D eigenvalue weighted by Crippen LogP contribution is 2.36. The van der Waals surface area contributed by atoms with Gasteiger partial charge in [0.2, 0.25) is 0 Å². The van der Waals surface area contributed by atoms with Crippen LogP contribution in [0, 0.1) is 6.92 Å². The Morgan fingerprint density at radius 1 is 1.55 bits per heavy atom. The molecule has 0 bridgehead atoms. The smallest absolute Gasteiger partial charge is 0.312 e. The molecular weight excluding hydrogens is 294 g/mol. The van der Waals surface area contributed by atoms with Crippen LogP contribution in [-0.4, -0.2) is 21.0 Å². The van der Waals surface area contributed by atoms with Crippen LogP contribution < -0.4 is 5.32 Å². The van der Waals surface area contributed by atoms with Gasteiger partial charge in [-0.2, -0.15) is 0 Å². The van der Waals surface area contributed by atoms with Gasteiger partial charge in [0.15, 0.2) is 5.13 Å². The van der Waals surface area contributed by atoms with Crippen LogP contribution in [0.4, 0.5) is 5.13 Å². The molecule has 0 aromatic carbocycles. The first-order chi connectivity index (χ1) is 9.63. The number of rotatable bonds is 4. The van der Waals surface area contributed by atoms with E-state index in [2.05, 4.69) is 15.3 Å². The van der Waals surface area contributed by atoms with Gasteiger partial charge in [0.1, 0.15) is 5.92 Å². The molecule has 0 amide bonds. The molecule has 2 N–H and O–H groups in total. The highest BCUT2D eigenvalue weighted by atomic mass is 32.1. The van der Waals surface area contributed by atoms with Gasteiger partial charge in [-0.25, -0.2) is 9.97 Å². The lowest BCUT2D eigenvalue weighted by atomic mass is 9.91. The van der Waals surface area contributed by atoms with E-state index in [0.29, 0.717) is 13.0 Å². The van der Waals surface area contributed by atoms with Crippen molar-refractivity contribution >= 4 is 33.8 Å². The molecule has 0 fully saturated rings. The van der Waals surface area contributed by atoms with Crippen molar-refractivity contribution in [3.05, 3.63) is 26.7 Å². The van der Waals surface area contributed by atoms with Crippen molar-refractivity contribution in [1.29, 1.82) is 0 Å². The van der Waals surface area contributed by atoms with Crippen molar-refractivity contribution < 1.29 is 9.90 Å². The van der Waals surface area contributed by atoms with Gasteiger partial charge in [-0.3, -0.25) is 4.79 Å². The normalized spacial score (nSPS) is 17.8. The van der Waals surface area contributed by atoms with Crippen LogP contribution in [0.3, 0.4) is 0 Å². The number of fused-ring (bicyclic) bond motifs is 1. The molecule has 2 aromatic rings. The van der Waals surface area contributed by atoms with Crippen LogP contribution in [-0.2, 0) is 17.8 Å². The molecule has 2 heterocycles. The van der Waals surface area contributed by atoms with Gasteiger partial charge in [-0.1, -0.05) is 0 Å². The van der Waals surface area contributed by atoms with Crippen LogP contribution >= 0.6 is 22.7 Å². The summed E-state index contributed by atoms with van der Waals surface area (Å²) >= 11 is 3.20. The standard InChI is InChI=1S/C13H15N3O2S2/c1-7-15-8(6-19-7)5-14-13-16-11-9(12(17)18)3-2-4-10(11)20-13/h6,9H,2-5H2,1H3,(H,14,16)(H,17,18). The number of hydrogen-bond donors (Lipinski definition) is 2. The van der Waals surface area contributed by atoms with E-state index >= 15 is 0 Å². The number of nitrogens with one attached hydrogen (secondary N) is 1. The molecule has 0 aliphatic heterocycles. The predicted octanol–water partition coefficient (Wildman–Crippen LogP) is 3.02. The van der Waals surface area contributed by atoms with Gasteiger partial charge in [0.25, 0.3) is 0 Å². The minimum Gasteiger partial charge on any atom is -0.481 e. The number of thiazole rings is 2. The second-order valence-electron chi connectivity index (χ2n) is 4.82. The van der Waals surface area contributed by atoms with Crippen molar-refractivity contribution in [2.75, 3.05) is 5.32 Å². The molecule has 0 spiro atoms. The Bertz CT molecular complexity index is 635. The van der Waals surface area contributed by atoms with Crippen molar-refractivity contribution in [3.8, 4) is 0 Å². The second-order valence-corrected chi connectivity index (χ2v) is 6.97. The quantitative estimate of drug-likeness (QED) is 0.908. The minimum absolute atomic E-state index is 0.438. The molecule has 1 aliphatic rings. The van der Waals surface area contributed by atoms with E-state index in [9.17, 15) is 9.90 Å². The van der Waals surface area contributed by atoms with Crippen LogP contribution in [0.5, 0.6) is 0 Å². The molecule has 3 rings (SSSR count). The van der Waals surface area contributed by atoms with E-state index in [4.69, 9.17) is 0 Å². The lowest BCUT2D eigenvalue weighted by Gasteiger charge is -2.16. The largest absolute Gasteiger partial charge is 0.481 e. The summed E-state index contributed by atoms with van der Waals surface area (Å²) in [5.74, 6) is -1.20. The number of hydrogen-bond acceptors (Lipinski definition) is 6. The van der Waals surface area contributed by atoms with E-state index in [0.717, 1.165) is 39.2 Å². The third-order valence-corrected chi connectivity index (χ3v) is 5.25. The predicted molar refractivity (Wildman–Crippen MR) is 79.6 cm³/mol. The molecule has 106 valence electrons. The molecule has 1 unspecified atom stereocenters. The van der Waals surface area contributed by atoms with Gasteiger partial charge in [-0.15, -0.1) is 22.7 Å². The Balaban J connectivity index is 1.74. The van der Waals surface area contributed by atoms with E-state index in [1.54, 1.807) is 22.7 Å². The first kappa shape index (κ1) is 13.5. The topological polar surface area (TPSA) is 75.1 Å². The lowest BCUT2D eigenvalue weighted by Crippen LogP contribution is -2.17. The molecule has 7 heteroatoms. The maximum Gasteiger partial charge on any atom is 0.312 e. The average Bonchev–Trinajstić information content (AvgIpc) is 3.01. The number of carboxylic acid groups (broad SMARTS) is 1. The van der Waals surface area contributed by atoms with Gasteiger partial charge in [-0.05, 0) is 26.2 Å². The van der Waals surface area contributed by atoms with Crippen LogP contribution in [0.1, 0.15) is 40.0 Å². The van der Waals surface area contributed by atoms with Crippen LogP contribution in [0.2, 0.25) is 0 Å². The lowest BCUT2D eigenvalue weighted by molar-refractivity contribution is -0.139. The zero-order valence-electron chi connectivity index (χ0n) is 11.0. The number of aliphatic carboxylic acids is 1. The highest BCUT2D eigenvalue weighted by Gasteiger charge is 2.29. The second kappa shape index (κ2) is 5.49. The molecule has 1 atom stereocenters. The van der Waals surface area contributed by atoms with Crippen molar-refractivity contribution in [3.63, 3.8) is 0 Å². The van der Waals surface area contributed by atoms with Gasteiger partial charge in [0.05, 0.1) is 22.9 Å². The molecule has 1 aliphatic carbocycles. The van der Waals surface area contributed by atoms with Crippen LogP contribution in [0.25, 0.3) is 0 Å². The third-order valence-electron chi connectivity index (χ3n) is 3.34. The Hall–Kier alpha value is -1.47. The zero-order chi connectivity index (χ0) is 14.1. The van der Waals surface area contributed by atoms with Gasteiger partial charge in [0, 0.05) is 10.3 Å². The third kappa shape index (κ3) is 2.69. The minimum atomic E-state index is -0.766. The Morgan fingerprint density at radius 2 is 2.40 bits per heavy atom. The number of anilines is 1. The number of aromatic nitrogens is 2. The monoisotopic (exact) mass is 309 g/mol. The fraction of sp³-hybridized carbons (Fsp3) is 0.462. The molecule has 20 heavy (non-hydrogen) atoms. The van der Waals surface area contributed by atoms with E-state index in [1.807, 2.05) is 12.3 Å². The van der Waals surface area contributed by atoms with Crippen LogP contribution in [0.15, 0.2) is 5.38 Å². The molecule has 5 nitrogen and oxygen atoms in total. The number of nitrogens with zero attached hydrogens (tertiary/aromatic N) is 2. The van der Waals surface area contributed by atoms with Crippen molar-refractivity contribution in [2.45, 2.75) is 38.6 Å². The van der Waals surface area contributed by atoms with E-state index < -0.39 is 11.9 Å². The summed E-state index contributed by atoms with van der Waals surface area (Å²) in [7, 11) is 0. The first-order valence-electron chi connectivity index (χ1n) is 6.51. The molecule has 0 saturated heterocycles.